The second-order valence-corrected chi connectivity index (χ2v) is 14.7. The molecule has 0 aliphatic carbocycles. The summed E-state index contributed by atoms with van der Waals surface area (Å²) in [7, 11) is 0. The molecule has 0 saturated heterocycles. The molecule has 3 aromatic rings. The molecule has 0 unspecified atom stereocenters. The Balaban J connectivity index is 1.74. The zero-order valence-electron chi connectivity index (χ0n) is 29.8. The summed E-state index contributed by atoms with van der Waals surface area (Å²) in [5.41, 5.74) is 0.904. The SMILES string of the molecule is CC[C@@H]1NC(=O)[C@@H](C)NC(=O)c2csc(n2)[C@H](C(C)C)NC(=O)CN(C(=O)c2ccon2)C[C@H](Cc2ccccc2)NC(=O)[C@H](CCSC)NC1=O. The van der Waals surface area contributed by atoms with Crippen molar-refractivity contribution in [2.75, 3.05) is 25.1 Å². The van der Waals surface area contributed by atoms with Crippen molar-refractivity contribution < 1.29 is 33.3 Å². The van der Waals surface area contributed by atoms with Crippen LogP contribution >= 0.6 is 23.1 Å². The van der Waals surface area contributed by atoms with Crippen LogP contribution in [0.2, 0.25) is 0 Å². The number of aromatic nitrogens is 2. The molecule has 3 heterocycles. The summed E-state index contributed by atoms with van der Waals surface area (Å²) >= 11 is 2.67. The number of carbonyl (C=O) groups is 6. The molecule has 280 valence electrons. The number of hydrogen-bond donors (Lipinski definition) is 5. The van der Waals surface area contributed by atoms with Gasteiger partial charge in [-0.3, -0.25) is 28.8 Å². The highest BCUT2D eigenvalue weighted by molar-refractivity contribution is 7.98. The minimum atomic E-state index is -1.02. The second-order valence-electron chi connectivity index (χ2n) is 12.8. The number of benzene rings is 1. The van der Waals surface area contributed by atoms with E-state index in [4.69, 9.17) is 4.52 Å². The fourth-order valence-corrected chi connectivity index (χ4v) is 7.03. The zero-order chi connectivity index (χ0) is 37.8. The molecule has 15 nitrogen and oxygen atoms in total. The van der Waals surface area contributed by atoms with E-state index in [1.54, 1.807) is 6.92 Å². The van der Waals surface area contributed by atoms with Crippen molar-refractivity contribution in [3.63, 3.8) is 0 Å². The topological polar surface area (TPSA) is 205 Å². The normalized spacial score (nSPS) is 22.8. The highest BCUT2D eigenvalue weighted by Crippen LogP contribution is 2.25. The van der Waals surface area contributed by atoms with Gasteiger partial charge in [0.05, 0.1) is 18.6 Å². The van der Waals surface area contributed by atoms with E-state index >= 15 is 0 Å². The molecule has 1 aliphatic heterocycles. The van der Waals surface area contributed by atoms with Gasteiger partial charge in [0.2, 0.25) is 23.6 Å². The maximum Gasteiger partial charge on any atom is 0.276 e. The van der Waals surface area contributed by atoms with Crippen molar-refractivity contribution in [1.82, 2.24) is 41.6 Å². The molecular formula is C35H46N8O7S2. The monoisotopic (exact) mass is 754 g/mol. The fraction of sp³-hybridized carbons (Fsp3) is 0.486. The number of rotatable bonds is 8. The Morgan fingerprint density at radius 1 is 0.981 bits per heavy atom. The number of carbonyl (C=O) groups excluding carboxylic acids is 6. The first kappa shape index (κ1) is 40.0. The number of amides is 6. The van der Waals surface area contributed by atoms with Gasteiger partial charge in [-0.25, -0.2) is 4.98 Å². The summed E-state index contributed by atoms with van der Waals surface area (Å²) in [6.45, 7) is 6.49. The standard InChI is InChI=1S/C35H46N8O7S2/c1-6-24-31(46)39-25(13-15-51-5)32(47)37-23(16-22-10-8-7-9-11-22)17-43(35(49)26-12-14-50-42-26)18-28(44)41-29(20(2)3)34-40-27(19-52-34)33(48)36-21(4)30(45)38-24/h7-12,14,19-21,23-25,29H,6,13,15-18H2,1-5H3,(H,36,48)(H,37,47)(H,38,45)(H,39,46)(H,41,44)/t21-,23+,24+,25+,29+/m1/s1. The molecular weight excluding hydrogens is 709 g/mol. The number of nitrogens with zero attached hydrogens (tertiary/aromatic N) is 3. The van der Waals surface area contributed by atoms with E-state index < -0.39 is 72.2 Å². The summed E-state index contributed by atoms with van der Waals surface area (Å²) in [4.78, 5) is 87.1. The first-order valence-corrected chi connectivity index (χ1v) is 19.4. The molecule has 0 spiro atoms. The molecule has 0 fully saturated rings. The lowest BCUT2D eigenvalue weighted by atomic mass is 10.0. The number of hydrogen-bond acceptors (Lipinski definition) is 11. The highest BCUT2D eigenvalue weighted by atomic mass is 32.2. The average molecular weight is 755 g/mol. The van der Waals surface area contributed by atoms with Crippen LogP contribution in [0.3, 0.4) is 0 Å². The van der Waals surface area contributed by atoms with E-state index in [9.17, 15) is 28.8 Å². The Bertz CT molecular complexity index is 1680. The minimum Gasteiger partial charge on any atom is -0.364 e. The van der Waals surface area contributed by atoms with Crippen molar-refractivity contribution >= 4 is 58.5 Å². The van der Waals surface area contributed by atoms with Crippen LogP contribution in [0, 0.1) is 5.92 Å². The van der Waals surface area contributed by atoms with Crippen LogP contribution < -0.4 is 26.6 Å². The molecule has 1 aliphatic rings. The molecule has 1 aromatic carbocycles. The van der Waals surface area contributed by atoms with Crippen LogP contribution in [-0.2, 0) is 25.6 Å². The third kappa shape index (κ3) is 11.1. The molecule has 2 aromatic heterocycles. The van der Waals surface area contributed by atoms with E-state index in [1.165, 1.54) is 52.6 Å². The van der Waals surface area contributed by atoms with E-state index in [0.29, 0.717) is 17.2 Å². The third-order valence-corrected chi connectivity index (χ3v) is 9.99. The molecule has 0 saturated carbocycles. The van der Waals surface area contributed by atoms with E-state index in [-0.39, 0.29) is 36.7 Å². The Morgan fingerprint density at radius 2 is 1.69 bits per heavy atom. The number of thioether (sulfide) groups is 1. The molecule has 52 heavy (non-hydrogen) atoms. The lowest BCUT2D eigenvalue weighted by molar-refractivity contribution is -0.132. The van der Waals surface area contributed by atoms with Gasteiger partial charge in [-0.2, -0.15) is 11.8 Å². The van der Waals surface area contributed by atoms with Crippen LogP contribution in [0.5, 0.6) is 0 Å². The predicted octanol–water partition coefficient (Wildman–Crippen LogP) is 2.08. The maximum absolute atomic E-state index is 14.0. The summed E-state index contributed by atoms with van der Waals surface area (Å²) in [5, 5.41) is 19.9. The summed E-state index contributed by atoms with van der Waals surface area (Å²) in [5.74, 6) is -2.96. The molecule has 17 heteroatoms. The first-order valence-electron chi connectivity index (χ1n) is 17.1. The largest absolute Gasteiger partial charge is 0.364 e. The van der Waals surface area contributed by atoms with Crippen LogP contribution in [0.15, 0.2) is 52.6 Å². The lowest BCUT2D eigenvalue weighted by Gasteiger charge is -2.30. The van der Waals surface area contributed by atoms with Crippen molar-refractivity contribution in [3.05, 3.63) is 70.0 Å². The Labute approximate surface area is 310 Å². The average Bonchev–Trinajstić information content (AvgIpc) is 3.84. The van der Waals surface area contributed by atoms with Gasteiger partial charge in [0, 0.05) is 18.0 Å². The Kier molecular flexibility index (Phi) is 14.8. The van der Waals surface area contributed by atoms with Gasteiger partial charge in [0.25, 0.3) is 11.8 Å². The Hall–Kier alpha value is -4.77. The van der Waals surface area contributed by atoms with E-state index in [0.717, 1.165) is 5.56 Å². The van der Waals surface area contributed by atoms with Crippen molar-refractivity contribution in [2.45, 2.75) is 77.2 Å². The lowest BCUT2D eigenvalue weighted by Crippen LogP contribution is -2.58. The van der Waals surface area contributed by atoms with Crippen LogP contribution in [0.4, 0.5) is 0 Å². The molecule has 4 rings (SSSR count). The first-order chi connectivity index (χ1) is 24.9. The fourth-order valence-electron chi connectivity index (χ4n) is 5.54. The van der Waals surface area contributed by atoms with Crippen LogP contribution in [-0.4, -0.2) is 99.7 Å². The van der Waals surface area contributed by atoms with E-state index in [2.05, 4.69) is 36.7 Å². The summed E-state index contributed by atoms with van der Waals surface area (Å²) in [6.07, 6.45) is 3.93. The zero-order valence-corrected chi connectivity index (χ0v) is 31.5. The molecule has 6 amide bonds. The van der Waals surface area contributed by atoms with Gasteiger partial charge in [-0.1, -0.05) is 56.3 Å². The second kappa shape index (κ2) is 19.2. The van der Waals surface area contributed by atoms with Gasteiger partial charge in [0.1, 0.15) is 35.1 Å². The number of thiazole rings is 1. The van der Waals surface area contributed by atoms with Crippen molar-refractivity contribution in [3.8, 4) is 0 Å². The molecule has 0 radical (unpaired) electrons. The molecule has 5 N–H and O–H groups in total. The quantitative estimate of drug-likeness (QED) is 0.227. The van der Waals surface area contributed by atoms with Crippen molar-refractivity contribution in [2.24, 2.45) is 5.92 Å². The highest BCUT2D eigenvalue weighted by Gasteiger charge is 2.32. The summed E-state index contributed by atoms with van der Waals surface area (Å²) < 4.78 is 4.93. The third-order valence-electron chi connectivity index (χ3n) is 8.42. The van der Waals surface area contributed by atoms with E-state index in [1.807, 2.05) is 50.4 Å². The predicted molar refractivity (Wildman–Crippen MR) is 196 cm³/mol. The molecule has 2 bridgehead atoms. The maximum atomic E-state index is 14.0. The Morgan fingerprint density at radius 3 is 2.35 bits per heavy atom. The van der Waals surface area contributed by atoms with Gasteiger partial charge in [-0.05, 0) is 49.7 Å². The smallest absolute Gasteiger partial charge is 0.276 e. The minimum absolute atomic E-state index is 0.0221. The summed E-state index contributed by atoms with van der Waals surface area (Å²) in [6, 6.07) is 6.44. The van der Waals surface area contributed by atoms with Crippen molar-refractivity contribution in [1.29, 1.82) is 0 Å². The van der Waals surface area contributed by atoms with Gasteiger partial charge in [-0.15, -0.1) is 11.3 Å². The molecule has 5 atom stereocenters. The number of fused-ring (bicyclic) bond motifs is 2. The van der Waals surface area contributed by atoms with Crippen LogP contribution in [0.25, 0.3) is 0 Å². The van der Waals surface area contributed by atoms with Gasteiger partial charge in [0.15, 0.2) is 5.69 Å². The van der Waals surface area contributed by atoms with Crippen LogP contribution in [0.1, 0.15) is 78.1 Å². The van der Waals surface area contributed by atoms with Gasteiger partial charge >= 0.3 is 0 Å². The van der Waals surface area contributed by atoms with Gasteiger partial charge < -0.3 is 36.0 Å². The number of nitrogens with one attached hydrogen (secondary N) is 5.